The summed E-state index contributed by atoms with van der Waals surface area (Å²) in [5.41, 5.74) is 6.56. The van der Waals surface area contributed by atoms with E-state index in [2.05, 4.69) is 22.3 Å². The summed E-state index contributed by atoms with van der Waals surface area (Å²) in [5, 5.41) is 20.8. The van der Waals surface area contributed by atoms with Gasteiger partial charge in [-0.05, 0) is 29.6 Å². The summed E-state index contributed by atoms with van der Waals surface area (Å²) in [6.45, 7) is 2.06. The Labute approximate surface area is 125 Å². The molecule has 3 N–H and O–H groups in total. The molecule has 2 aromatic rings. The highest BCUT2D eigenvalue weighted by Gasteiger charge is 2.15. The Morgan fingerprint density at radius 2 is 2.20 bits per heavy atom. The zero-order valence-electron chi connectivity index (χ0n) is 11.1. The second kappa shape index (κ2) is 6.67. The third-order valence-electron chi connectivity index (χ3n) is 2.52. The first-order chi connectivity index (χ1) is 9.67. The second-order valence-corrected chi connectivity index (χ2v) is 6.19. The first kappa shape index (κ1) is 14.7. The van der Waals surface area contributed by atoms with Crippen LogP contribution in [0.1, 0.15) is 12.5 Å². The molecule has 0 amide bonds. The first-order valence-corrected chi connectivity index (χ1v) is 7.73. The number of benzene rings is 1. The Morgan fingerprint density at radius 1 is 1.45 bits per heavy atom. The van der Waals surface area contributed by atoms with E-state index in [9.17, 15) is 0 Å². The van der Waals surface area contributed by atoms with Gasteiger partial charge in [-0.3, -0.25) is 0 Å². The van der Waals surface area contributed by atoms with Gasteiger partial charge in [0.25, 0.3) is 0 Å². The fraction of sp³-hybridized carbons (Fsp3) is 0.250. The highest BCUT2D eigenvalue weighted by molar-refractivity contribution is 8.00. The average molecular weight is 309 g/mol. The van der Waals surface area contributed by atoms with E-state index in [1.54, 1.807) is 18.1 Å². The lowest BCUT2D eigenvalue weighted by Gasteiger charge is -2.12. The molecule has 0 aliphatic rings. The van der Waals surface area contributed by atoms with Gasteiger partial charge in [0.2, 0.25) is 0 Å². The molecule has 0 bridgehead atoms. The Hall–Kier alpha value is -1.67. The van der Waals surface area contributed by atoms with Crippen LogP contribution in [-0.4, -0.2) is 31.6 Å². The lowest BCUT2D eigenvalue weighted by atomic mass is 10.2. The number of thioether (sulfide) groups is 1. The molecule has 1 heterocycles. The van der Waals surface area contributed by atoms with E-state index in [0.717, 1.165) is 26.3 Å². The van der Waals surface area contributed by atoms with Gasteiger partial charge in [-0.1, -0.05) is 18.1 Å². The summed E-state index contributed by atoms with van der Waals surface area (Å²) >= 11 is 3.08. The molecule has 0 spiro atoms. The van der Waals surface area contributed by atoms with Gasteiger partial charge < -0.3 is 15.5 Å². The fourth-order valence-electron chi connectivity index (χ4n) is 1.64. The Bertz CT molecular complexity index is 626. The summed E-state index contributed by atoms with van der Waals surface area (Å²) in [6.07, 6.45) is 1.64. The predicted octanol–water partition coefficient (Wildman–Crippen LogP) is 2.17. The van der Waals surface area contributed by atoms with Crippen molar-refractivity contribution in [2.45, 2.75) is 21.9 Å². The van der Waals surface area contributed by atoms with Crippen LogP contribution < -0.4 is 5.73 Å². The van der Waals surface area contributed by atoms with Crippen molar-refractivity contribution in [1.82, 2.24) is 14.8 Å². The van der Waals surface area contributed by atoms with Crippen molar-refractivity contribution in [1.29, 1.82) is 0 Å². The van der Waals surface area contributed by atoms with Gasteiger partial charge in [0, 0.05) is 22.4 Å². The predicted molar refractivity (Wildman–Crippen MR) is 80.5 cm³/mol. The average Bonchev–Trinajstić information content (AvgIpc) is 2.84. The number of hydrogen-bond acceptors (Lipinski definition) is 6. The van der Waals surface area contributed by atoms with Gasteiger partial charge >= 0.3 is 0 Å². The molecule has 8 heteroatoms. The molecule has 106 valence electrons. The Balaban J connectivity index is 2.46. The molecule has 0 fully saturated rings. The molecular weight excluding hydrogens is 294 g/mol. The molecule has 6 nitrogen and oxygen atoms in total. The van der Waals surface area contributed by atoms with Crippen LogP contribution in [0, 0.1) is 0 Å². The van der Waals surface area contributed by atoms with Crippen molar-refractivity contribution < 1.29 is 5.21 Å². The van der Waals surface area contributed by atoms with Gasteiger partial charge in [0.1, 0.15) is 6.33 Å². The van der Waals surface area contributed by atoms with Crippen molar-refractivity contribution in [3.8, 4) is 0 Å². The van der Waals surface area contributed by atoms with E-state index in [1.807, 2.05) is 29.8 Å². The number of amidine groups is 1. The number of nitrogens with zero attached hydrogens (tertiary/aromatic N) is 4. The Morgan fingerprint density at radius 3 is 2.80 bits per heavy atom. The number of aromatic nitrogens is 3. The number of oxime groups is 1. The zero-order valence-corrected chi connectivity index (χ0v) is 12.8. The van der Waals surface area contributed by atoms with Crippen molar-refractivity contribution >= 4 is 29.4 Å². The molecule has 20 heavy (non-hydrogen) atoms. The SMILES string of the molecule is CCSc1cccc(Sc2nncn2C)c1/C(N)=N/O. The molecule has 0 aliphatic carbocycles. The summed E-state index contributed by atoms with van der Waals surface area (Å²) in [6, 6.07) is 5.83. The third kappa shape index (κ3) is 3.07. The maximum Gasteiger partial charge on any atom is 0.195 e. The summed E-state index contributed by atoms with van der Waals surface area (Å²) in [4.78, 5) is 1.87. The van der Waals surface area contributed by atoms with E-state index in [4.69, 9.17) is 10.9 Å². The first-order valence-electron chi connectivity index (χ1n) is 5.93. The monoisotopic (exact) mass is 309 g/mol. The standard InChI is InChI=1S/C12H15N5OS2/c1-3-19-8-5-4-6-9(10(8)11(13)16-18)20-12-15-14-7-17(12)2/h4-7,18H,3H2,1-2H3,(H2,13,16). The maximum absolute atomic E-state index is 9.00. The molecular formula is C12H15N5OS2. The molecule has 2 rings (SSSR count). The zero-order chi connectivity index (χ0) is 14.5. The van der Waals surface area contributed by atoms with Crippen LogP contribution in [0.25, 0.3) is 0 Å². The minimum atomic E-state index is 0.103. The molecule has 0 unspecified atom stereocenters. The lowest BCUT2D eigenvalue weighted by molar-refractivity contribution is 0.318. The molecule has 0 aliphatic heterocycles. The van der Waals surface area contributed by atoms with Crippen LogP contribution in [-0.2, 0) is 7.05 Å². The number of aryl methyl sites for hydroxylation is 1. The highest BCUT2D eigenvalue weighted by Crippen LogP contribution is 2.34. The third-order valence-corrected chi connectivity index (χ3v) is 4.58. The van der Waals surface area contributed by atoms with Crippen LogP contribution >= 0.6 is 23.5 Å². The summed E-state index contributed by atoms with van der Waals surface area (Å²) in [5.74, 6) is 1.01. The maximum atomic E-state index is 9.00. The smallest absolute Gasteiger partial charge is 0.195 e. The summed E-state index contributed by atoms with van der Waals surface area (Å²) < 4.78 is 1.82. The molecule has 0 saturated heterocycles. The van der Waals surface area contributed by atoms with Crippen molar-refractivity contribution in [2.24, 2.45) is 17.9 Å². The second-order valence-electron chi connectivity index (χ2n) is 3.87. The van der Waals surface area contributed by atoms with Crippen molar-refractivity contribution in [2.75, 3.05) is 5.75 Å². The number of hydrogen-bond donors (Lipinski definition) is 2. The minimum Gasteiger partial charge on any atom is -0.409 e. The van der Waals surface area contributed by atoms with Crippen LogP contribution in [0.4, 0.5) is 0 Å². The Kier molecular flexibility index (Phi) is 4.91. The van der Waals surface area contributed by atoms with Crippen LogP contribution in [0.5, 0.6) is 0 Å². The van der Waals surface area contributed by atoms with Crippen molar-refractivity contribution in [3.63, 3.8) is 0 Å². The van der Waals surface area contributed by atoms with Gasteiger partial charge in [0.15, 0.2) is 11.0 Å². The van der Waals surface area contributed by atoms with E-state index in [-0.39, 0.29) is 5.84 Å². The molecule has 0 radical (unpaired) electrons. The normalized spacial score (nSPS) is 11.8. The van der Waals surface area contributed by atoms with Crippen LogP contribution in [0.15, 0.2) is 44.6 Å². The number of nitrogens with two attached hydrogens (primary N) is 1. The van der Waals surface area contributed by atoms with Crippen molar-refractivity contribution in [3.05, 3.63) is 30.1 Å². The molecule has 0 saturated carbocycles. The lowest BCUT2D eigenvalue weighted by Crippen LogP contribution is -2.15. The molecule has 1 aromatic heterocycles. The van der Waals surface area contributed by atoms with Crippen LogP contribution in [0.2, 0.25) is 0 Å². The highest BCUT2D eigenvalue weighted by atomic mass is 32.2. The van der Waals surface area contributed by atoms with E-state index in [1.165, 1.54) is 11.8 Å². The number of rotatable bonds is 5. The largest absolute Gasteiger partial charge is 0.409 e. The quantitative estimate of drug-likeness (QED) is 0.289. The van der Waals surface area contributed by atoms with Gasteiger partial charge in [0.05, 0.1) is 0 Å². The van der Waals surface area contributed by atoms with E-state index < -0.39 is 0 Å². The topological polar surface area (TPSA) is 89.3 Å². The fourth-order valence-corrected chi connectivity index (χ4v) is 3.49. The van der Waals surface area contributed by atoms with E-state index in [0.29, 0.717) is 0 Å². The van der Waals surface area contributed by atoms with Gasteiger partial charge in [-0.25, -0.2) is 0 Å². The van der Waals surface area contributed by atoms with Crippen LogP contribution in [0.3, 0.4) is 0 Å². The minimum absolute atomic E-state index is 0.103. The van der Waals surface area contributed by atoms with Gasteiger partial charge in [-0.15, -0.1) is 22.0 Å². The summed E-state index contributed by atoms with van der Waals surface area (Å²) in [7, 11) is 1.87. The molecule has 0 atom stereocenters. The van der Waals surface area contributed by atoms with Gasteiger partial charge in [-0.2, -0.15) is 0 Å². The van der Waals surface area contributed by atoms with E-state index >= 15 is 0 Å². The molecule has 1 aromatic carbocycles.